The number of aliphatic imine (C=N–C) groups is 1. The van der Waals surface area contributed by atoms with Crippen LogP contribution in [0, 0.1) is 12.3 Å². The first-order valence-electron chi connectivity index (χ1n) is 7.49. The summed E-state index contributed by atoms with van der Waals surface area (Å²) in [5, 5.41) is 10.6. The first kappa shape index (κ1) is 18.2. The molecule has 0 saturated heterocycles. The molecule has 1 aromatic rings. The summed E-state index contributed by atoms with van der Waals surface area (Å²) in [6, 6.07) is 0. The lowest BCUT2D eigenvalue weighted by Crippen LogP contribution is -2.46. The molecule has 0 atom stereocenters. The summed E-state index contributed by atoms with van der Waals surface area (Å²) in [7, 11) is 0. The molecular formula is C14H26IN5O. The summed E-state index contributed by atoms with van der Waals surface area (Å²) >= 11 is 0. The van der Waals surface area contributed by atoms with Crippen LogP contribution in [0.4, 0.5) is 0 Å². The van der Waals surface area contributed by atoms with Crippen molar-refractivity contribution in [1.82, 2.24) is 20.8 Å². The summed E-state index contributed by atoms with van der Waals surface area (Å²) < 4.78 is 4.94. The van der Waals surface area contributed by atoms with E-state index in [-0.39, 0.29) is 24.0 Å². The summed E-state index contributed by atoms with van der Waals surface area (Å²) in [5.41, 5.74) is 0.471. The number of guanidine groups is 1. The molecule has 2 rings (SSSR count). The van der Waals surface area contributed by atoms with Crippen molar-refractivity contribution in [1.29, 1.82) is 0 Å². The number of halogens is 1. The molecule has 0 aliphatic heterocycles. The summed E-state index contributed by atoms with van der Waals surface area (Å²) in [6.45, 7) is 8.38. The number of hydrogen-bond acceptors (Lipinski definition) is 4. The van der Waals surface area contributed by atoms with E-state index in [2.05, 4.69) is 39.6 Å². The average Bonchev–Trinajstić information content (AvgIpc) is 2.81. The Bertz CT molecular complexity index is 450. The van der Waals surface area contributed by atoms with Crippen LogP contribution in [-0.4, -0.2) is 29.2 Å². The largest absolute Gasteiger partial charge is 0.357 e. The van der Waals surface area contributed by atoms with Gasteiger partial charge in [0.1, 0.15) is 6.54 Å². The SMILES string of the molecule is CCNC(=NCc1noc(C)n1)NCC1(CC)CCC1.I. The highest BCUT2D eigenvalue weighted by atomic mass is 127. The molecule has 7 heteroatoms. The van der Waals surface area contributed by atoms with Crippen LogP contribution in [-0.2, 0) is 6.54 Å². The molecule has 21 heavy (non-hydrogen) atoms. The van der Waals surface area contributed by atoms with Crippen molar-refractivity contribution in [2.75, 3.05) is 13.1 Å². The fourth-order valence-electron chi connectivity index (χ4n) is 2.50. The predicted octanol–water partition coefficient (Wildman–Crippen LogP) is 2.63. The molecular weight excluding hydrogens is 381 g/mol. The van der Waals surface area contributed by atoms with Gasteiger partial charge in [-0.15, -0.1) is 24.0 Å². The lowest BCUT2D eigenvalue weighted by Gasteiger charge is -2.41. The number of rotatable bonds is 6. The smallest absolute Gasteiger partial charge is 0.223 e. The highest BCUT2D eigenvalue weighted by Gasteiger charge is 2.34. The molecule has 1 saturated carbocycles. The molecule has 1 aliphatic carbocycles. The van der Waals surface area contributed by atoms with Crippen LogP contribution in [0.1, 0.15) is 51.2 Å². The minimum atomic E-state index is 0. The van der Waals surface area contributed by atoms with Gasteiger partial charge < -0.3 is 15.2 Å². The Labute approximate surface area is 143 Å². The van der Waals surface area contributed by atoms with Crippen molar-refractivity contribution >= 4 is 29.9 Å². The Morgan fingerprint density at radius 2 is 2.10 bits per heavy atom. The van der Waals surface area contributed by atoms with Crippen LogP contribution < -0.4 is 10.6 Å². The van der Waals surface area contributed by atoms with Gasteiger partial charge in [-0.25, -0.2) is 4.99 Å². The van der Waals surface area contributed by atoms with Gasteiger partial charge in [0, 0.05) is 20.0 Å². The van der Waals surface area contributed by atoms with Crippen molar-refractivity contribution in [3.05, 3.63) is 11.7 Å². The van der Waals surface area contributed by atoms with Crippen LogP contribution in [0.5, 0.6) is 0 Å². The molecule has 1 aromatic heterocycles. The van der Waals surface area contributed by atoms with E-state index < -0.39 is 0 Å². The third-order valence-electron chi connectivity index (χ3n) is 4.09. The van der Waals surface area contributed by atoms with Gasteiger partial charge in [-0.2, -0.15) is 4.98 Å². The number of nitrogens with one attached hydrogen (secondary N) is 2. The molecule has 0 unspecified atom stereocenters. The van der Waals surface area contributed by atoms with E-state index in [0.29, 0.717) is 23.7 Å². The van der Waals surface area contributed by atoms with E-state index in [1.165, 1.54) is 25.7 Å². The molecule has 1 fully saturated rings. The van der Waals surface area contributed by atoms with Gasteiger partial charge in [0.05, 0.1) is 0 Å². The minimum absolute atomic E-state index is 0. The molecule has 0 spiro atoms. The van der Waals surface area contributed by atoms with E-state index in [4.69, 9.17) is 4.52 Å². The van der Waals surface area contributed by atoms with Gasteiger partial charge in [0.25, 0.3) is 0 Å². The van der Waals surface area contributed by atoms with Gasteiger partial charge in [-0.1, -0.05) is 18.5 Å². The zero-order chi connectivity index (χ0) is 14.4. The van der Waals surface area contributed by atoms with E-state index in [0.717, 1.165) is 19.0 Å². The van der Waals surface area contributed by atoms with Crippen molar-refractivity contribution in [2.45, 2.75) is 53.0 Å². The Morgan fingerprint density at radius 1 is 1.33 bits per heavy atom. The maximum atomic E-state index is 4.94. The molecule has 0 radical (unpaired) electrons. The molecule has 2 N–H and O–H groups in total. The summed E-state index contributed by atoms with van der Waals surface area (Å²) in [5.74, 6) is 2.02. The number of nitrogens with zero attached hydrogens (tertiary/aromatic N) is 3. The summed E-state index contributed by atoms with van der Waals surface area (Å²) in [6.07, 6.45) is 5.22. The van der Waals surface area contributed by atoms with E-state index in [1.54, 1.807) is 6.92 Å². The predicted molar refractivity (Wildman–Crippen MR) is 93.8 cm³/mol. The van der Waals surface area contributed by atoms with E-state index in [9.17, 15) is 0 Å². The second-order valence-electron chi connectivity index (χ2n) is 5.49. The molecule has 0 aromatic carbocycles. The minimum Gasteiger partial charge on any atom is -0.357 e. The maximum absolute atomic E-state index is 4.94. The third kappa shape index (κ3) is 5.12. The second-order valence-corrected chi connectivity index (χ2v) is 5.49. The van der Waals surface area contributed by atoms with Crippen molar-refractivity contribution < 1.29 is 4.52 Å². The number of aromatic nitrogens is 2. The van der Waals surface area contributed by atoms with Crippen molar-refractivity contribution in [2.24, 2.45) is 10.4 Å². The fourth-order valence-corrected chi connectivity index (χ4v) is 2.50. The van der Waals surface area contributed by atoms with Crippen LogP contribution in [0.2, 0.25) is 0 Å². The fraction of sp³-hybridized carbons (Fsp3) is 0.786. The Balaban J connectivity index is 0.00000220. The first-order valence-corrected chi connectivity index (χ1v) is 7.49. The van der Waals surface area contributed by atoms with Crippen LogP contribution in [0.3, 0.4) is 0 Å². The van der Waals surface area contributed by atoms with Crippen molar-refractivity contribution in [3.63, 3.8) is 0 Å². The molecule has 0 bridgehead atoms. The van der Waals surface area contributed by atoms with Gasteiger partial charge in [-0.3, -0.25) is 0 Å². The average molecular weight is 407 g/mol. The third-order valence-corrected chi connectivity index (χ3v) is 4.09. The molecule has 1 aliphatic rings. The Kier molecular flexibility index (Phi) is 7.41. The topological polar surface area (TPSA) is 75.3 Å². The highest BCUT2D eigenvalue weighted by Crippen LogP contribution is 2.42. The monoisotopic (exact) mass is 407 g/mol. The van der Waals surface area contributed by atoms with Gasteiger partial charge in [0.2, 0.25) is 5.89 Å². The van der Waals surface area contributed by atoms with Crippen LogP contribution >= 0.6 is 24.0 Å². The quantitative estimate of drug-likeness (QED) is 0.431. The standard InChI is InChI=1S/C14H25N5O.HI/c1-4-14(7-6-8-14)10-17-13(15-5-2)16-9-12-18-11(3)20-19-12;/h4-10H2,1-3H3,(H2,15,16,17);1H. The van der Waals surface area contributed by atoms with Gasteiger partial charge >= 0.3 is 0 Å². The van der Waals surface area contributed by atoms with Gasteiger partial charge in [-0.05, 0) is 31.6 Å². The zero-order valence-electron chi connectivity index (χ0n) is 13.1. The number of hydrogen-bond donors (Lipinski definition) is 2. The molecule has 1 heterocycles. The van der Waals surface area contributed by atoms with Crippen molar-refractivity contribution in [3.8, 4) is 0 Å². The lowest BCUT2D eigenvalue weighted by molar-refractivity contribution is 0.131. The number of aryl methyl sites for hydroxylation is 1. The Hall–Kier alpha value is -0.860. The zero-order valence-corrected chi connectivity index (χ0v) is 15.4. The van der Waals surface area contributed by atoms with Crippen LogP contribution in [0.15, 0.2) is 9.52 Å². The van der Waals surface area contributed by atoms with E-state index >= 15 is 0 Å². The molecule has 6 nitrogen and oxygen atoms in total. The van der Waals surface area contributed by atoms with E-state index in [1.807, 2.05) is 0 Å². The Morgan fingerprint density at radius 3 is 2.57 bits per heavy atom. The highest BCUT2D eigenvalue weighted by molar-refractivity contribution is 14.0. The maximum Gasteiger partial charge on any atom is 0.223 e. The van der Waals surface area contributed by atoms with Gasteiger partial charge in [0.15, 0.2) is 11.8 Å². The lowest BCUT2D eigenvalue weighted by atomic mass is 9.67. The first-order chi connectivity index (χ1) is 9.67. The normalized spacial score (nSPS) is 16.8. The second kappa shape index (κ2) is 8.55. The van der Waals surface area contributed by atoms with Crippen LogP contribution in [0.25, 0.3) is 0 Å². The molecule has 0 amide bonds. The molecule has 120 valence electrons. The summed E-state index contributed by atoms with van der Waals surface area (Å²) in [4.78, 5) is 8.66.